The molecule has 0 saturated carbocycles. The zero-order chi connectivity index (χ0) is 50.6. The Kier molecular flexibility index (Phi) is 46.4. The van der Waals surface area contributed by atoms with Gasteiger partial charge in [-0.3, -0.25) is 13.8 Å². The highest BCUT2D eigenvalue weighted by Crippen LogP contribution is 2.43. The lowest BCUT2D eigenvalue weighted by Crippen LogP contribution is -2.45. The highest BCUT2D eigenvalue weighted by Gasteiger charge is 2.27. The maximum atomic E-state index is 12.8. The van der Waals surface area contributed by atoms with Crippen LogP contribution in [0.4, 0.5) is 0 Å². The number of unbranched alkanes of at least 4 members (excludes halogenated alkanes) is 8. The topological polar surface area (TPSA) is 105 Å². The highest BCUT2D eigenvalue weighted by molar-refractivity contribution is 7.47. The molecule has 3 unspecified atom stereocenters. The Balaban J connectivity index is 4.19. The number of carbonyl (C=O) groups is 1. The molecule has 1 amide bonds. The third kappa shape index (κ3) is 51.8. The predicted octanol–water partition coefficient (Wildman–Crippen LogP) is 15.9. The number of nitrogens with one attached hydrogen (secondary N) is 1. The summed E-state index contributed by atoms with van der Waals surface area (Å²) >= 11 is 0. The minimum atomic E-state index is -4.36. The van der Waals surface area contributed by atoms with Crippen molar-refractivity contribution in [2.75, 3.05) is 40.9 Å². The molecule has 0 aromatic rings. The number of allylic oxidation sites excluding steroid dienone is 25. The number of carbonyl (C=O) groups excluding carboxylic acids is 1. The average Bonchev–Trinajstić information content (AvgIpc) is 3.31. The zero-order valence-electron chi connectivity index (χ0n) is 44.0. The number of aliphatic hydroxyl groups is 1. The molecule has 388 valence electrons. The molecule has 0 aromatic carbocycles. The van der Waals surface area contributed by atoms with Gasteiger partial charge in [0.2, 0.25) is 5.91 Å². The molecular weight excluding hydrogens is 876 g/mol. The van der Waals surface area contributed by atoms with E-state index in [-0.39, 0.29) is 25.5 Å². The van der Waals surface area contributed by atoms with Crippen LogP contribution in [-0.2, 0) is 18.4 Å². The number of likely N-dealkylation sites (N-methyl/N-ethyl adjacent to an activating group) is 1. The molecule has 3 atom stereocenters. The van der Waals surface area contributed by atoms with Crippen LogP contribution >= 0.6 is 7.82 Å². The molecule has 0 heterocycles. The Labute approximate surface area is 422 Å². The monoisotopic (exact) mass is 974 g/mol. The summed E-state index contributed by atoms with van der Waals surface area (Å²) in [6, 6.07) is -0.879. The molecule has 0 spiro atoms. The Morgan fingerprint density at radius 1 is 0.507 bits per heavy atom. The van der Waals surface area contributed by atoms with Crippen molar-refractivity contribution in [3.05, 3.63) is 158 Å². The molecule has 3 N–H and O–H groups in total. The molecule has 0 radical (unpaired) electrons. The molecule has 0 aliphatic rings. The highest BCUT2D eigenvalue weighted by atomic mass is 31.2. The molecule has 0 aromatic heterocycles. The summed E-state index contributed by atoms with van der Waals surface area (Å²) in [5.74, 6) is -0.231. The smallest absolute Gasteiger partial charge is 0.387 e. The third-order valence-electron chi connectivity index (χ3n) is 10.5. The van der Waals surface area contributed by atoms with E-state index in [0.29, 0.717) is 17.4 Å². The van der Waals surface area contributed by atoms with Crippen molar-refractivity contribution in [2.24, 2.45) is 0 Å². The van der Waals surface area contributed by atoms with E-state index in [0.717, 1.165) is 109 Å². The van der Waals surface area contributed by atoms with Crippen LogP contribution in [0, 0.1) is 0 Å². The van der Waals surface area contributed by atoms with Crippen molar-refractivity contribution in [3.8, 4) is 0 Å². The summed E-state index contributed by atoms with van der Waals surface area (Å²) in [4.78, 5) is 23.1. The van der Waals surface area contributed by atoms with Crippen molar-refractivity contribution in [1.82, 2.24) is 5.32 Å². The first-order chi connectivity index (χ1) is 33.5. The summed E-state index contributed by atoms with van der Waals surface area (Å²) in [6.07, 6.45) is 77.9. The van der Waals surface area contributed by atoms with Gasteiger partial charge in [0.25, 0.3) is 0 Å². The van der Waals surface area contributed by atoms with Crippen molar-refractivity contribution < 1.29 is 32.9 Å². The standard InChI is InChI=1S/C60H97N2O6P/c1-6-8-10-12-14-16-17-18-19-20-21-22-23-24-25-26-27-28-29-30-31-32-33-34-35-36-37-38-39-40-41-42-43-44-45-46-48-50-52-54-60(64)61-58(57-68-69(65,66)67-56-55-62(3,4)5)59(63)53-51-49-47-15-13-11-9-7-2/h8,10,14,16,18-19,21-22,24-25,27-28,30-31,33-34,36-37,39-40,42-43,45-46,51,53,58-59,63H,6-7,9,11-13,15,17,20,23,26,29,32,35,38,41,44,47-50,52,54-57H2,1-5H3,(H-,61,64,65,66)/p+1/b10-8-,16-14-,19-18-,22-21-,25-24-,28-27-,31-30-,34-33-,37-36-,40-39-,43-42-,46-45-,53-51+. The lowest BCUT2D eigenvalue weighted by atomic mass is 10.1. The lowest BCUT2D eigenvalue weighted by molar-refractivity contribution is -0.870. The second-order valence-corrected chi connectivity index (χ2v) is 19.6. The van der Waals surface area contributed by atoms with Gasteiger partial charge in [-0.25, -0.2) is 4.57 Å². The Morgan fingerprint density at radius 2 is 0.870 bits per heavy atom. The minimum absolute atomic E-state index is 0.0436. The third-order valence-corrected chi connectivity index (χ3v) is 11.5. The molecule has 0 rings (SSSR count). The maximum Gasteiger partial charge on any atom is 0.472 e. The number of rotatable bonds is 45. The summed E-state index contributed by atoms with van der Waals surface area (Å²) in [5.41, 5.74) is 0. The second-order valence-electron chi connectivity index (χ2n) is 18.2. The Morgan fingerprint density at radius 3 is 1.28 bits per heavy atom. The average molecular weight is 974 g/mol. The number of amides is 1. The second kappa shape index (κ2) is 49.1. The van der Waals surface area contributed by atoms with Gasteiger partial charge in [-0.05, 0) is 109 Å². The van der Waals surface area contributed by atoms with Crippen molar-refractivity contribution in [3.63, 3.8) is 0 Å². The van der Waals surface area contributed by atoms with Crippen molar-refractivity contribution in [2.45, 2.75) is 174 Å². The van der Waals surface area contributed by atoms with Crippen LogP contribution in [0.15, 0.2) is 158 Å². The fourth-order valence-corrected chi connectivity index (χ4v) is 7.11. The van der Waals surface area contributed by atoms with E-state index in [1.165, 1.54) is 25.7 Å². The van der Waals surface area contributed by atoms with E-state index in [4.69, 9.17) is 9.05 Å². The maximum absolute atomic E-state index is 12.8. The number of aliphatic hydroxyl groups excluding tert-OH is 1. The predicted molar refractivity (Wildman–Crippen MR) is 299 cm³/mol. The largest absolute Gasteiger partial charge is 0.472 e. The van der Waals surface area contributed by atoms with Gasteiger partial charge in [0, 0.05) is 6.42 Å². The molecule has 69 heavy (non-hydrogen) atoms. The summed E-state index contributed by atoms with van der Waals surface area (Å²) in [5, 5.41) is 13.7. The van der Waals surface area contributed by atoms with Crippen LogP contribution in [0.25, 0.3) is 0 Å². The summed E-state index contributed by atoms with van der Waals surface area (Å²) in [7, 11) is 1.51. The normalized spacial score (nSPS) is 15.3. The fourth-order valence-electron chi connectivity index (χ4n) is 6.37. The number of phosphoric acid groups is 1. The SMILES string of the molecule is CC/C=C\C/C=C\C/C=C\C/C=C\C/C=C\C/C=C\C/C=C\C/C=C\C/C=C\C/C=C\C/C=C\C/C=C\CCCCC(=O)NC(COP(=O)(O)OCC[N+](C)(C)C)C(O)/C=C/CCCCCCCC. The van der Waals surface area contributed by atoms with Crippen LogP contribution < -0.4 is 5.32 Å². The van der Waals surface area contributed by atoms with Gasteiger partial charge in [0.05, 0.1) is 39.9 Å². The van der Waals surface area contributed by atoms with Gasteiger partial charge in [0.15, 0.2) is 0 Å². The summed E-state index contributed by atoms with van der Waals surface area (Å²) in [6.45, 7) is 4.58. The molecule has 0 fully saturated rings. The molecule has 0 saturated heterocycles. The van der Waals surface area contributed by atoms with Crippen molar-refractivity contribution >= 4 is 13.7 Å². The Bertz CT molecular complexity index is 1670. The fraction of sp³-hybridized carbons (Fsp3) is 0.550. The number of hydrogen-bond donors (Lipinski definition) is 3. The van der Waals surface area contributed by atoms with Gasteiger partial charge in [-0.1, -0.05) is 204 Å². The number of phosphoric ester groups is 1. The summed E-state index contributed by atoms with van der Waals surface area (Å²) < 4.78 is 23.5. The van der Waals surface area contributed by atoms with Gasteiger partial charge in [-0.15, -0.1) is 0 Å². The molecule has 0 aliphatic carbocycles. The van der Waals surface area contributed by atoms with E-state index in [1.54, 1.807) is 6.08 Å². The van der Waals surface area contributed by atoms with Gasteiger partial charge >= 0.3 is 7.82 Å². The molecule has 0 bridgehead atoms. The van der Waals surface area contributed by atoms with E-state index in [1.807, 2.05) is 27.2 Å². The van der Waals surface area contributed by atoms with E-state index < -0.39 is 20.0 Å². The van der Waals surface area contributed by atoms with Crippen LogP contribution in [0.2, 0.25) is 0 Å². The van der Waals surface area contributed by atoms with Crippen LogP contribution in [0.5, 0.6) is 0 Å². The Hall–Kier alpha value is -3.88. The van der Waals surface area contributed by atoms with Gasteiger partial charge in [0.1, 0.15) is 13.2 Å². The first-order valence-electron chi connectivity index (χ1n) is 26.4. The van der Waals surface area contributed by atoms with Crippen LogP contribution in [-0.4, -0.2) is 73.4 Å². The van der Waals surface area contributed by atoms with Crippen LogP contribution in [0.3, 0.4) is 0 Å². The number of nitrogens with zero attached hydrogens (tertiary/aromatic N) is 1. The van der Waals surface area contributed by atoms with Gasteiger partial charge in [-0.2, -0.15) is 0 Å². The van der Waals surface area contributed by atoms with E-state index in [9.17, 15) is 19.4 Å². The van der Waals surface area contributed by atoms with E-state index in [2.05, 4.69) is 165 Å². The molecular formula is C60H98N2O6P+. The van der Waals surface area contributed by atoms with Crippen molar-refractivity contribution in [1.29, 1.82) is 0 Å². The first kappa shape index (κ1) is 65.1. The number of quaternary nitrogens is 1. The molecule has 0 aliphatic heterocycles. The first-order valence-corrected chi connectivity index (χ1v) is 27.9. The zero-order valence-corrected chi connectivity index (χ0v) is 44.9. The van der Waals surface area contributed by atoms with E-state index >= 15 is 0 Å². The number of hydrogen-bond acceptors (Lipinski definition) is 5. The quantitative estimate of drug-likeness (QED) is 0.0243. The van der Waals surface area contributed by atoms with Crippen LogP contribution in [0.1, 0.15) is 162 Å². The molecule has 8 nitrogen and oxygen atoms in total. The lowest BCUT2D eigenvalue weighted by Gasteiger charge is -2.25. The van der Waals surface area contributed by atoms with Gasteiger partial charge < -0.3 is 19.8 Å². The minimum Gasteiger partial charge on any atom is -0.387 e. The molecule has 9 heteroatoms.